The van der Waals surface area contributed by atoms with Crippen LogP contribution < -0.4 is 4.90 Å². The lowest BCUT2D eigenvalue weighted by Crippen LogP contribution is -2.48. The Morgan fingerprint density at radius 1 is 1.32 bits per heavy atom. The van der Waals surface area contributed by atoms with Crippen LogP contribution in [-0.2, 0) is 4.79 Å². The normalized spacial score (nSPS) is 18.7. The summed E-state index contributed by atoms with van der Waals surface area (Å²) in [5.74, 6) is -1.03. The summed E-state index contributed by atoms with van der Waals surface area (Å²) >= 11 is 1.28. The number of likely N-dealkylation sites (tertiary alicyclic amines) is 1. The van der Waals surface area contributed by atoms with Crippen molar-refractivity contribution < 1.29 is 19.1 Å². The molecule has 5 nitrogen and oxygen atoms in total. The molecule has 0 atom stereocenters. The van der Waals surface area contributed by atoms with Crippen LogP contribution in [0.25, 0.3) is 5.57 Å². The minimum absolute atomic E-state index is 0.0378. The number of carboxylic acid groups (broad SMARTS) is 1. The Morgan fingerprint density at radius 2 is 2.07 bits per heavy atom. The maximum Gasteiger partial charge on any atom is 0.348 e. The van der Waals surface area contributed by atoms with Crippen molar-refractivity contribution in [2.75, 3.05) is 31.2 Å². The zero-order valence-electron chi connectivity index (χ0n) is 16.5. The van der Waals surface area contributed by atoms with E-state index < -0.39 is 5.97 Å². The molecule has 0 unspecified atom stereocenters. The smallest absolute Gasteiger partial charge is 0.348 e. The van der Waals surface area contributed by atoms with Crippen LogP contribution in [0, 0.1) is 0 Å². The van der Waals surface area contributed by atoms with E-state index in [1.165, 1.54) is 23.3 Å². The first-order valence-electron chi connectivity index (χ1n) is 10.2. The molecule has 1 saturated heterocycles. The number of allylic oxidation sites excluding steroid dienone is 2. The van der Waals surface area contributed by atoms with E-state index in [1.807, 2.05) is 13.0 Å². The fourth-order valence-corrected chi connectivity index (χ4v) is 5.22. The Balaban J connectivity index is 1.91. The Kier molecular flexibility index (Phi) is 7.24. The summed E-state index contributed by atoms with van der Waals surface area (Å²) < 4.78 is 12.6. The monoisotopic (exact) mass is 408 g/mol. The van der Waals surface area contributed by atoms with Crippen molar-refractivity contribution >= 4 is 34.5 Å². The molecule has 28 heavy (non-hydrogen) atoms. The molecule has 0 bridgehead atoms. The number of aromatic carboxylic acids is 1. The van der Waals surface area contributed by atoms with Crippen LogP contribution in [0.15, 0.2) is 12.1 Å². The highest BCUT2D eigenvalue weighted by atomic mass is 32.1. The van der Waals surface area contributed by atoms with Crippen molar-refractivity contribution in [2.24, 2.45) is 0 Å². The summed E-state index contributed by atoms with van der Waals surface area (Å²) in [6, 6.07) is 1.87. The zero-order valence-corrected chi connectivity index (χ0v) is 17.3. The number of hydrogen-bond donors (Lipinski definition) is 1. The van der Waals surface area contributed by atoms with E-state index >= 15 is 0 Å². The quantitative estimate of drug-likeness (QED) is 0.717. The molecular weight excluding hydrogens is 379 g/mol. The Morgan fingerprint density at radius 3 is 2.64 bits per heavy atom. The number of hydrogen-bond acceptors (Lipinski definition) is 4. The lowest BCUT2D eigenvalue weighted by molar-refractivity contribution is -0.119. The molecule has 1 N–H and O–H groups in total. The van der Waals surface area contributed by atoms with Gasteiger partial charge in [0.25, 0.3) is 0 Å². The molecule has 2 aliphatic rings. The number of amides is 1. The summed E-state index contributed by atoms with van der Waals surface area (Å²) in [7, 11) is 0. The van der Waals surface area contributed by atoms with Crippen molar-refractivity contribution in [3.05, 3.63) is 21.9 Å². The molecule has 0 spiro atoms. The first-order chi connectivity index (χ1) is 13.5. The summed E-state index contributed by atoms with van der Waals surface area (Å²) in [6.45, 7) is 3.32. The standard InChI is InChI=1S/C21H29FN2O3S/c1-2-19(25)24(16-8-11-23(12-9-16)13-10-22)17-14-18(28-20(17)21(26)27)15-6-4-3-5-7-15/h6,14,16H,2-5,7-13H2,1H3,(H,26,27). The summed E-state index contributed by atoms with van der Waals surface area (Å²) in [4.78, 5) is 29.8. The SMILES string of the molecule is CCC(=O)N(c1cc(C2=CCCCC2)sc1C(=O)O)C1CCN(CCF)CC1. The molecule has 2 heterocycles. The fraction of sp³-hybridized carbons (Fsp3) is 0.619. The zero-order chi connectivity index (χ0) is 20.1. The van der Waals surface area contributed by atoms with Gasteiger partial charge in [0.1, 0.15) is 11.6 Å². The van der Waals surface area contributed by atoms with E-state index in [0.717, 1.165) is 50.1 Å². The third-order valence-electron chi connectivity index (χ3n) is 5.67. The van der Waals surface area contributed by atoms with Crippen molar-refractivity contribution in [3.8, 4) is 0 Å². The first kappa shape index (κ1) is 21.0. The number of halogens is 1. The second-order valence-electron chi connectivity index (χ2n) is 7.48. The lowest BCUT2D eigenvalue weighted by atomic mass is 9.98. The minimum atomic E-state index is -0.980. The lowest BCUT2D eigenvalue weighted by Gasteiger charge is -2.38. The van der Waals surface area contributed by atoms with Crippen LogP contribution in [-0.4, -0.2) is 54.2 Å². The maximum absolute atomic E-state index is 12.8. The van der Waals surface area contributed by atoms with Gasteiger partial charge in [-0.3, -0.25) is 4.79 Å². The van der Waals surface area contributed by atoms with E-state index in [2.05, 4.69) is 11.0 Å². The number of carbonyl (C=O) groups is 2. The molecule has 3 rings (SSSR count). The highest BCUT2D eigenvalue weighted by Gasteiger charge is 2.32. The van der Waals surface area contributed by atoms with E-state index in [0.29, 0.717) is 18.7 Å². The predicted octanol–water partition coefficient (Wildman–Crippen LogP) is 4.58. The highest BCUT2D eigenvalue weighted by molar-refractivity contribution is 7.15. The second-order valence-corrected chi connectivity index (χ2v) is 8.54. The van der Waals surface area contributed by atoms with Gasteiger partial charge in [0, 0.05) is 37.0 Å². The number of anilines is 1. The number of carboxylic acids is 1. The van der Waals surface area contributed by atoms with Crippen LogP contribution in [0.2, 0.25) is 0 Å². The highest BCUT2D eigenvalue weighted by Crippen LogP contribution is 2.39. The third kappa shape index (κ3) is 4.63. The predicted molar refractivity (Wildman–Crippen MR) is 111 cm³/mol. The number of alkyl halides is 1. The molecule has 1 aliphatic heterocycles. The van der Waals surface area contributed by atoms with Crippen LogP contribution in [0.3, 0.4) is 0 Å². The molecule has 0 saturated carbocycles. The topological polar surface area (TPSA) is 60.9 Å². The molecule has 1 aromatic rings. The average Bonchev–Trinajstić information content (AvgIpc) is 3.15. The fourth-order valence-electron chi connectivity index (χ4n) is 4.16. The van der Waals surface area contributed by atoms with Crippen LogP contribution >= 0.6 is 11.3 Å². The Hall–Kier alpha value is -1.73. The van der Waals surface area contributed by atoms with E-state index in [4.69, 9.17) is 0 Å². The largest absolute Gasteiger partial charge is 0.477 e. The third-order valence-corrected chi connectivity index (χ3v) is 6.86. The van der Waals surface area contributed by atoms with Gasteiger partial charge in [0.15, 0.2) is 0 Å². The second kappa shape index (κ2) is 9.65. The Labute approximate surface area is 169 Å². The van der Waals surface area contributed by atoms with Gasteiger partial charge in [0.05, 0.1) is 5.69 Å². The van der Waals surface area contributed by atoms with Gasteiger partial charge >= 0.3 is 5.97 Å². The van der Waals surface area contributed by atoms with Gasteiger partial charge in [-0.05, 0) is 50.2 Å². The molecule has 1 aromatic heterocycles. The number of nitrogens with zero attached hydrogens (tertiary/aromatic N) is 2. The van der Waals surface area contributed by atoms with Crippen LogP contribution in [0.4, 0.5) is 10.1 Å². The van der Waals surface area contributed by atoms with E-state index in [1.54, 1.807) is 4.90 Å². The van der Waals surface area contributed by atoms with Crippen molar-refractivity contribution in [2.45, 2.75) is 57.9 Å². The molecular formula is C21H29FN2O3S. The average molecular weight is 409 g/mol. The summed E-state index contributed by atoms with van der Waals surface area (Å²) in [6.07, 6.45) is 8.27. The maximum atomic E-state index is 12.8. The van der Waals surface area contributed by atoms with Gasteiger partial charge in [-0.2, -0.15) is 0 Å². The molecule has 1 aliphatic carbocycles. The summed E-state index contributed by atoms with van der Waals surface area (Å²) in [5, 5.41) is 9.79. The molecule has 1 amide bonds. The van der Waals surface area contributed by atoms with Gasteiger partial charge in [0.2, 0.25) is 5.91 Å². The van der Waals surface area contributed by atoms with E-state index in [9.17, 15) is 19.1 Å². The first-order valence-corrected chi connectivity index (χ1v) is 11.0. The Bertz CT molecular complexity index is 738. The number of thiophene rings is 1. The molecule has 0 aromatic carbocycles. The van der Waals surface area contributed by atoms with Crippen molar-refractivity contribution in [1.29, 1.82) is 0 Å². The van der Waals surface area contributed by atoms with Crippen molar-refractivity contribution in [3.63, 3.8) is 0 Å². The molecule has 1 fully saturated rings. The number of piperidine rings is 1. The summed E-state index contributed by atoms with van der Waals surface area (Å²) in [5.41, 5.74) is 1.74. The van der Waals surface area contributed by atoms with Gasteiger partial charge in [-0.1, -0.05) is 13.0 Å². The van der Waals surface area contributed by atoms with Crippen LogP contribution in [0.1, 0.15) is 66.4 Å². The van der Waals surface area contributed by atoms with Crippen LogP contribution in [0.5, 0.6) is 0 Å². The number of rotatable bonds is 7. The van der Waals surface area contributed by atoms with Gasteiger partial charge in [-0.15, -0.1) is 11.3 Å². The van der Waals surface area contributed by atoms with Gasteiger partial charge < -0.3 is 14.9 Å². The van der Waals surface area contributed by atoms with Gasteiger partial charge in [-0.25, -0.2) is 9.18 Å². The molecule has 0 radical (unpaired) electrons. The molecule has 154 valence electrons. The number of carbonyl (C=O) groups excluding carboxylic acids is 1. The van der Waals surface area contributed by atoms with E-state index in [-0.39, 0.29) is 23.5 Å². The minimum Gasteiger partial charge on any atom is -0.477 e. The van der Waals surface area contributed by atoms with Crippen molar-refractivity contribution in [1.82, 2.24) is 4.90 Å². The molecule has 7 heteroatoms.